The second-order valence-corrected chi connectivity index (χ2v) is 10.1. The van der Waals surface area contributed by atoms with Gasteiger partial charge in [-0.2, -0.15) is 0 Å². The molecule has 5 nitrogen and oxygen atoms in total. The fraction of sp³-hybridized carbons (Fsp3) is 0.917. The Labute approximate surface area is 178 Å². The first-order chi connectivity index (χ1) is 13.7. The van der Waals surface area contributed by atoms with Crippen LogP contribution in [0.5, 0.6) is 0 Å². The Balaban J connectivity index is 2.01. The maximum absolute atomic E-state index is 12.0. The molecule has 1 fully saturated rings. The third kappa shape index (κ3) is 14.5. The number of unbranched alkanes of at least 4 members (excludes halogenated alkanes) is 7. The molecule has 1 aliphatic rings. The van der Waals surface area contributed by atoms with Gasteiger partial charge in [0.1, 0.15) is 6.54 Å². The predicted molar refractivity (Wildman–Crippen MR) is 118 cm³/mol. The first-order valence-electron chi connectivity index (χ1n) is 11.9. The summed E-state index contributed by atoms with van der Waals surface area (Å²) >= 11 is 0. The van der Waals surface area contributed by atoms with Crippen LogP contribution in [0.25, 0.3) is 0 Å². The van der Waals surface area contributed by atoms with Gasteiger partial charge in [-0.05, 0) is 24.7 Å². The highest BCUT2D eigenvalue weighted by Crippen LogP contribution is 2.45. The lowest BCUT2D eigenvalue weighted by Gasteiger charge is -2.28. The lowest BCUT2D eigenvalue weighted by molar-refractivity contribution is -0.873. The normalized spacial score (nSPS) is 19.7. The van der Waals surface area contributed by atoms with Gasteiger partial charge in [0.05, 0.1) is 27.6 Å². The standard InChI is InChI=1S/C24H45NO4/c1-5-6-7-11-14-20-17-21(20)15-12-9-8-10-13-16-24(28)29-22(18-23(26)27)19-25(2,3)4/h20-22H,5-19H2,1-4H3/p+1/t20-,21+,22?/m0/s1. The molecule has 0 radical (unpaired) electrons. The monoisotopic (exact) mass is 412 g/mol. The molecule has 0 aromatic rings. The number of esters is 1. The second-order valence-electron chi connectivity index (χ2n) is 10.1. The largest absolute Gasteiger partial charge is 0.481 e. The van der Waals surface area contributed by atoms with Crippen LogP contribution in [0.4, 0.5) is 0 Å². The summed E-state index contributed by atoms with van der Waals surface area (Å²) in [4.78, 5) is 23.0. The van der Waals surface area contributed by atoms with Crippen molar-refractivity contribution in [3.63, 3.8) is 0 Å². The molecule has 29 heavy (non-hydrogen) atoms. The molecule has 170 valence electrons. The lowest BCUT2D eigenvalue weighted by atomic mass is 10.0. The minimum atomic E-state index is -0.921. The third-order valence-corrected chi connectivity index (χ3v) is 5.91. The summed E-state index contributed by atoms with van der Waals surface area (Å²) in [5, 5.41) is 9.02. The van der Waals surface area contributed by atoms with Crippen molar-refractivity contribution in [3.05, 3.63) is 0 Å². The van der Waals surface area contributed by atoms with Gasteiger partial charge < -0.3 is 14.3 Å². The number of carboxylic acids is 1. The second kappa shape index (κ2) is 14.0. The summed E-state index contributed by atoms with van der Waals surface area (Å²) < 4.78 is 6.00. The Kier molecular flexibility index (Phi) is 12.5. The summed E-state index contributed by atoms with van der Waals surface area (Å²) in [5.41, 5.74) is 0. The number of rotatable bonds is 18. The van der Waals surface area contributed by atoms with Gasteiger partial charge in [0, 0.05) is 6.42 Å². The number of hydrogen-bond acceptors (Lipinski definition) is 3. The van der Waals surface area contributed by atoms with E-state index in [-0.39, 0.29) is 12.4 Å². The first-order valence-corrected chi connectivity index (χ1v) is 11.9. The van der Waals surface area contributed by atoms with Crippen molar-refractivity contribution in [2.24, 2.45) is 11.8 Å². The fourth-order valence-corrected chi connectivity index (χ4v) is 4.25. The molecule has 1 N–H and O–H groups in total. The fourth-order valence-electron chi connectivity index (χ4n) is 4.25. The van der Waals surface area contributed by atoms with Crippen molar-refractivity contribution >= 4 is 11.9 Å². The van der Waals surface area contributed by atoms with Crippen LogP contribution in [0.3, 0.4) is 0 Å². The number of carbonyl (C=O) groups is 2. The van der Waals surface area contributed by atoms with E-state index in [9.17, 15) is 9.59 Å². The van der Waals surface area contributed by atoms with Gasteiger partial charge in [0.15, 0.2) is 6.10 Å². The number of ether oxygens (including phenoxy) is 1. The van der Waals surface area contributed by atoms with Crippen LogP contribution < -0.4 is 0 Å². The number of aliphatic carboxylic acids is 1. The molecule has 1 unspecified atom stereocenters. The van der Waals surface area contributed by atoms with Gasteiger partial charge in [0.2, 0.25) is 0 Å². The minimum Gasteiger partial charge on any atom is -0.481 e. The molecule has 0 aromatic carbocycles. The lowest BCUT2D eigenvalue weighted by Crippen LogP contribution is -2.43. The summed E-state index contributed by atoms with van der Waals surface area (Å²) in [6, 6.07) is 0. The number of hydrogen-bond donors (Lipinski definition) is 1. The molecule has 0 aliphatic heterocycles. The smallest absolute Gasteiger partial charge is 0.307 e. The number of likely N-dealkylation sites (N-methyl/N-ethyl adjacent to an activating group) is 1. The molecule has 5 heteroatoms. The Hall–Kier alpha value is -1.10. The van der Waals surface area contributed by atoms with Crippen LogP contribution in [0, 0.1) is 11.8 Å². The molecule has 0 bridgehead atoms. The first kappa shape index (κ1) is 25.9. The Morgan fingerprint density at radius 3 is 2.03 bits per heavy atom. The summed E-state index contributed by atoms with van der Waals surface area (Å²) in [7, 11) is 5.91. The van der Waals surface area contributed by atoms with Crippen molar-refractivity contribution in [2.75, 3.05) is 27.7 Å². The average molecular weight is 413 g/mol. The summed E-state index contributed by atoms with van der Waals surface area (Å²) in [6.45, 7) is 2.78. The highest BCUT2D eigenvalue weighted by atomic mass is 16.5. The zero-order valence-corrected chi connectivity index (χ0v) is 19.5. The van der Waals surface area contributed by atoms with E-state index in [0.29, 0.717) is 17.4 Å². The Morgan fingerprint density at radius 2 is 1.48 bits per heavy atom. The maximum Gasteiger partial charge on any atom is 0.307 e. The zero-order chi connectivity index (χ0) is 21.7. The van der Waals surface area contributed by atoms with Crippen LogP contribution in [0.15, 0.2) is 0 Å². The van der Waals surface area contributed by atoms with Gasteiger partial charge in [0.25, 0.3) is 0 Å². The van der Waals surface area contributed by atoms with Gasteiger partial charge in [-0.25, -0.2) is 0 Å². The highest BCUT2D eigenvalue weighted by molar-refractivity contribution is 5.71. The van der Waals surface area contributed by atoms with Crippen LogP contribution >= 0.6 is 0 Å². The van der Waals surface area contributed by atoms with Crippen molar-refractivity contribution in [3.8, 4) is 0 Å². The van der Waals surface area contributed by atoms with E-state index in [1.165, 1.54) is 64.2 Å². The topological polar surface area (TPSA) is 63.6 Å². The van der Waals surface area contributed by atoms with Crippen molar-refractivity contribution in [2.45, 2.75) is 103 Å². The van der Waals surface area contributed by atoms with E-state index < -0.39 is 12.1 Å². The molecule has 3 atom stereocenters. The van der Waals surface area contributed by atoms with Crippen LogP contribution in [-0.4, -0.2) is 55.3 Å². The van der Waals surface area contributed by atoms with Gasteiger partial charge in [-0.3, -0.25) is 9.59 Å². The molecule has 0 spiro atoms. The highest BCUT2D eigenvalue weighted by Gasteiger charge is 2.35. The van der Waals surface area contributed by atoms with Crippen LogP contribution in [-0.2, 0) is 14.3 Å². The van der Waals surface area contributed by atoms with Gasteiger partial charge in [-0.1, -0.05) is 71.1 Å². The molecule has 1 rings (SSSR count). The molecular weight excluding hydrogens is 366 g/mol. The number of nitrogens with zero attached hydrogens (tertiary/aromatic N) is 1. The Bertz CT molecular complexity index is 472. The summed E-state index contributed by atoms with van der Waals surface area (Å²) in [5.74, 6) is 0.842. The SMILES string of the molecule is CCCCCC[C@H]1C[C@H]1CCCCCCCC(=O)OC(CC(=O)O)C[N+](C)(C)C. The van der Waals surface area contributed by atoms with E-state index in [1.807, 2.05) is 21.1 Å². The molecule has 0 amide bonds. The van der Waals surface area contributed by atoms with Crippen molar-refractivity contribution in [1.82, 2.24) is 0 Å². The van der Waals surface area contributed by atoms with E-state index in [0.717, 1.165) is 24.7 Å². The van der Waals surface area contributed by atoms with Gasteiger partial charge >= 0.3 is 11.9 Å². The zero-order valence-electron chi connectivity index (χ0n) is 19.5. The summed E-state index contributed by atoms with van der Waals surface area (Å²) in [6.07, 6.45) is 15.2. The van der Waals surface area contributed by atoms with E-state index in [4.69, 9.17) is 9.84 Å². The van der Waals surface area contributed by atoms with E-state index >= 15 is 0 Å². The number of quaternary nitrogens is 1. The number of carbonyl (C=O) groups excluding carboxylic acids is 1. The maximum atomic E-state index is 12.0. The van der Waals surface area contributed by atoms with Gasteiger partial charge in [-0.15, -0.1) is 0 Å². The van der Waals surface area contributed by atoms with Crippen molar-refractivity contribution in [1.29, 1.82) is 0 Å². The molecule has 0 heterocycles. The Morgan fingerprint density at radius 1 is 0.931 bits per heavy atom. The van der Waals surface area contributed by atoms with Crippen LogP contribution in [0.2, 0.25) is 0 Å². The van der Waals surface area contributed by atoms with E-state index in [1.54, 1.807) is 0 Å². The molecule has 1 saturated carbocycles. The minimum absolute atomic E-state index is 0.123. The average Bonchev–Trinajstić information content (AvgIpc) is 3.34. The van der Waals surface area contributed by atoms with Crippen LogP contribution in [0.1, 0.15) is 96.8 Å². The predicted octanol–water partition coefficient (Wildman–Crippen LogP) is 5.42. The molecular formula is C24H46NO4+. The molecule has 0 aromatic heterocycles. The van der Waals surface area contributed by atoms with E-state index in [2.05, 4.69) is 6.92 Å². The third-order valence-electron chi connectivity index (χ3n) is 5.91. The van der Waals surface area contributed by atoms with Crippen molar-refractivity contribution < 1.29 is 23.9 Å². The molecule has 0 saturated heterocycles. The quantitative estimate of drug-likeness (QED) is 0.186. The number of carboxylic acid groups (broad SMARTS) is 1. The molecule has 1 aliphatic carbocycles.